The Labute approximate surface area is 413 Å². The molecule has 1 aromatic heterocycles. The van der Waals surface area contributed by atoms with Gasteiger partial charge in [0.15, 0.2) is 0 Å². The summed E-state index contributed by atoms with van der Waals surface area (Å²) in [6.45, 7) is 0.795. The summed E-state index contributed by atoms with van der Waals surface area (Å²) in [5.74, 6) is 3.35. The number of hydrogen-bond acceptors (Lipinski definition) is 12. The molecule has 1 spiro atoms. The Morgan fingerprint density at radius 3 is 2.25 bits per heavy atom. The molecular formula is C57H55N5O9. The first-order chi connectivity index (χ1) is 34.7. The van der Waals surface area contributed by atoms with E-state index in [-0.39, 0.29) is 38.7 Å². The highest BCUT2D eigenvalue weighted by Crippen LogP contribution is 2.66. The summed E-state index contributed by atoms with van der Waals surface area (Å²) in [4.78, 5) is 71.7. The molecule has 362 valence electrons. The van der Waals surface area contributed by atoms with Crippen molar-refractivity contribution in [3.05, 3.63) is 197 Å². The molecule has 4 heterocycles. The molecule has 2 fully saturated rings. The lowest BCUT2D eigenvalue weighted by Gasteiger charge is -2.46. The third kappa shape index (κ3) is 9.78. The Hall–Kier alpha value is -7.67. The lowest BCUT2D eigenvalue weighted by molar-refractivity contribution is -0.178. The first-order valence-electron chi connectivity index (χ1n) is 23.7. The molecule has 0 radical (unpaired) electrons. The molecule has 3 aliphatic rings. The van der Waals surface area contributed by atoms with E-state index in [4.69, 9.17) is 18.9 Å². The molecule has 2 saturated heterocycles. The Morgan fingerprint density at radius 2 is 1.54 bits per heavy atom. The van der Waals surface area contributed by atoms with Gasteiger partial charge in [-0.2, -0.15) is 0 Å². The number of imide groups is 1. The van der Waals surface area contributed by atoms with Gasteiger partial charge in [-0.1, -0.05) is 121 Å². The van der Waals surface area contributed by atoms with Crippen LogP contribution in [-0.2, 0) is 47.0 Å². The monoisotopic (exact) mass is 953 g/mol. The molecule has 9 rings (SSSR count). The average Bonchev–Trinajstić information content (AvgIpc) is 3.85. The standard InChI is InChI=1S/C57H55N5O9/c1-60(38-40-16-6-3-7-17-40)31-15-18-39-26-27-47-46(36-39)57(55(66)61(47)56(67)70-35-34-68-2)48(53(64)59-30-28-44-24-12-13-29-58-44)50-54(65)71-51(42-21-10-5-11-22-42)49(41-19-8-4-9-20-41)62(50)52(57)43-23-14-25-45(37-43)69-33-32-63/h3-14,16-17,19-27,29,36-37,48-52,63H,28,30-35,38H2,1-2H3,(H,59,64). The topological polar surface area (TPSA) is 160 Å². The molecule has 3 aliphatic heterocycles. The largest absolute Gasteiger partial charge is 0.491 e. The number of aliphatic hydroxyl groups excluding tert-OH is 1. The van der Waals surface area contributed by atoms with Gasteiger partial charge in [0.05, 0.1) is 43.4 Å². The predicted molar refractivity (Wildman–Crippen MR) is 265 cm³/mol. The zero-order valence-electron chi connectivity index (χ0n) is 39.6. The van der Waals surface area contributed by atoms with Crippen LogP contribution in [0.25, 0.3) is 0 Å². The molecule has 6 atom stereocenters. The third-order valence-electron chi connectivity index (χ3n) is 13.3. The van der Waals surface area contributed by atoms with Crippen LogP contribution in [0.15, 0.2) is 158 Å². The minimum absolute atomic E-state index is 0.0205. The smallest absolute Gasteiger partial charge is 0.421 e. The Morgan fingerprint density at radius 1 is 0.817 bits per heavy atom. The number of benzene rings is 5. The molecular weight excluding hydrogens is 899 g/mol. The van der Waals surface area contributed by atoms with E-state index in [0.717, 1.165) is 21.7 Å². The molecule has 2 N–H and O–H groups in total. The van der Waals surface area contributed by atoms with Crippen LogP contribution in [0.2, 0.25) is 0 Å². The van der Waals surface area contributed by atoms with Crippen LogP contribution in [-0.4, -0.2) is 103 Å². The van der Waals surface area contributed by atoms with E-state index >= 15 is 14.4 Å². The number of amides is 3. The number of nitrogens with zero attached hydrogens (tertiary/aromatic N) is 4. The van der Waals surface area contributed by atoms with Crippen LogP contribution in [0.4, 0.5) is 10.5 Å². The normalized spacial score (nSPS) is 21.2. The molecule has 14 heteroatoms. The van der Waals surface area contributed by atoms with E-state index in [2.05, 4.69) is 39.2 Å². The van der Waals surface area contributed by atoms with Gasteiger partial charge < -0.3 is 29.4 Å². The van der Waals surface area contributed by atoms with Gasteiger partial charge in [0, 0.05) is 44.1 Å². The van der Waals surface area contributed by atoms with Crippen molar-refractivity contribution in [2.75, 3.05) is 58.6 Å². The maximum atomic E-state index is 16.5. The first-order valence-corrected chi connectivity index (χ1v) is 23.7. The second-order valence-corrected chi connectivity index (χ2v) is 17.7. The second-order valence-electron chi connectivity index (χ2n) is 17.7. The van der Waals surface area contributed by atoms with Gasteiger partial charge in [-0.25, -0.2) is 9.69 Å². The van der Waals surface area contributed by atoms with Crippen molar-refractivity contribution >= 4 is 29.6 Å². The van der Waals surface area contributed by atoms with Crippen molar-refractivity contribution in [1.29, 1.82) is 0 Å². The quantitative estimate of drug-likeness (QED) is 0.0599. The minimum atomic E-state index is -2.04. The summed E-state index contributed by atoms with van der Waals surface area (Å²) in [6.07, 6.45) is 0.125. The number of carbonyl (C=O) groups excluding carboxylic acids is 4. The minimum Gasteiger partial charge on any atom is -0.491 e. The summed E-state index contributed by atoms with van der Waals surface area (Å²) >= 11 is 0. The molecule has 71 heavy (non-hydrogen) atoms. The number of esters is 1. The van der Waals surface area contributed by atoms with Gasteiger partial charge >= 0.3 is 12.1 Å². The van der Waals surface area contributed by atoms with Crippen LogP contribution < -0.4 is 15.0 Å². The van der Waals surface area contributed by atoms with Crippen molar-refractivity contribution in [1.82, 2.24) is 20.1 Å². The Kier molecular flexibility index (Phi) is 15.0. The van der Waals surface area contributed by atoms with E-state index in [1.54, 1.807) is 48.7 Å². The lowest BCUT2D eigenvalue weighted by Crippen LogP contribution is -2.56. The van der Waals surface area contributed by atoms with E-state index in [9.17, 15) is 9.90 Å². The van der Waals surface area contributed by atoms with Crippen molar-refractivity contribution in [2.45, 2.75) is 42.6 Å². The third-order valence-corrected chi connectivity index (χ3v) is 13.3. The molecule has 0 aliphatic carbocycles. The number of pyridine rings is 1. The van der Waals surface area contributed by atoms with Crippen molar-refractivity contribution in [2.24, 2.45) is 5.92 Å². The van der Waals surface area contributed by atoms with Crippen LogP contribution in [0.1, 0.15) is 57.3 Å². The summed E-state index contributed by atoms with van der Waals surface area (Å²) in [5.41, 5.74) is 2.77. The summed E-state index contributed by atoms with van der Waals surface area (Å²) < 4.78 is 23.6. The van der Waals surface area contributed by atoms with Gasteiger partial charge in [0.1, 0.15) is 36.5 Å². The van der Waals surface area contributed by atoms with Gasteiger partial charge in [0.2, 0.25) is 11.8 Å². The fourth-order valence-corrected chi connectivity index (χ4v) is 10.4. The number of fused-ring (bicyclic) bond motifs is 3. The molecule has 6 aromatic rings. The van der Waals surface area contributed by atoms with Gasteiger partial charge in [-0.15, -0.1) is 0 Å². The summed E-state index contributed by atoms with van der Waals surface area (Å²) in [5, 5.41) is 12.9. The number of cyclic esters (lactones) is 1. The lowest BCUT2D eigenvalue weighted by atomic mass is 9.65. The molecule has 3 amide bonds. The number of ether oxygens (including phenoxy) is 4. The van der Waals surface area contributed by atoms with Gasteiger partial charge in [0.25, 0.3) is 0 Å². The van der Waals surface area contributed by atoms with Crippen molar-refractivity contribution in [3.63, 3.8) is 0 Å². The molecule has 0 bridgehead atoms. The maximum Gasteiger partial charge on any atom is 0.421 e. The number of nitrogens with one attached hydrogen (secondary N) is 1. The predicted octanol–water partition coefficient (Wildman–Crippen LogP) is 6.74. The second kappa shape index (κ2) is 22.0. The van der Waals surface area contributed by atoms with E-state index in [1.807, 2.05) is 109 Å². The number of methoxy groups -OCH3 is 1. The Bertz CT molecular complexity index is 2900. The molecule has 5 aromatic carbocycles. The zero-order chi connectivity index (χ0) is 49.3. The van der Waals surface area contributed by atoms with E-state index in [0.29, 0.717) is 47.5 Å². The number of aromatic nitrogens is 1. The highest BCUT2D eigenvalue weighted by atomic mass is 16.6. The highest BCUT2D eigenvalue weighted by Gasteiger charge is 2.75. The average molecular weight is 954 g/mol. The summed E-state index contributed by atoms with van der Waals surface area (Å²) in [6, 6.07) is 43.4. The number of aliphatic hydroxyl groups is 1. The SMILES string of the molecule is COCCOC(=O)N1C(=O)C2(c3cc(C#CCN(C)Cc4ccccc4)ccc31)C(C(=O)NCCc1ccccn1)C1C(=O)OC(c3ccccc3)C(c3ccccc3)N1C2c1cccc(OCCO)c1. The molecule has 6 unspecified atom stereocenters. The highest BCUT2D eigenvalue weighted by molar-refractivity contribution is 6.23. The number of rotatable bonds is 16. The number of carbonyl (C=O) groups is 4. The maximum absolute atomic E-state index is 16.5. The van der Waals surface area contributed by atoms with Crippen molar-refractivity contribution < 1.29 is 43.2 Å². The molecule has 0 saturated carbocycles. The van der Waals surface area contributed by atoms with Crippen LogP contribution in [0, 0.1) is 17.8 Å². The zero-order valence-corrected chi connectivity index (χ0v) is 39.6. The fourth-order valence-electron chi connectivity index (χ4n) is 10.4. The summed E-state index contributed by atoms with van der Waals surface area (Å²) in [7, 11) is 3.45. The van der Waals surface area contributed by atoms with Crippen LogP contribution in [0.3, 0.4) is 0 Å². The Balaban J connectivity index is 1.28. The van der Waals surface area contributed by atoms with Crippen LogP contribution in [0.5, 0.6) is 5.75 Å². The van der Waals surface area contributed by atoms with Crippen molar-refractivity contribution in [3.8, 4) is 17.6 Å². The number of hydrogen-bond donors (Lipinski definition) is 2. The fraction of sp³-hybridized carbons (Fsp3) is 0.281. The van der Waals surface area contributed by atoms with Crippen LogP contribution >= 0.6 is 0 Å². The van der Waals surface area contributed by atoms with Gasteiger partial charge in [-0.05, 0) is 77.3 Å². The van der Waals surface area contributed by atoms with E-state index < -0.39 is 59.4 Å². The number of morpholine rings is 1. The van der Waals surface area contributed by atoms with E-state index in [1.165, 1.54) is 7.11 Å². The van der Waals surface area contributed by atoms with Gasteiger partial charge in [-0.3, -0.25) is 29.2 Å². The number of anilines is 1. The first kappa shape index (κ1) is 48.4. The molecule has 14 nitrogen and oxygen atoms in total.